The zero-order chi connectivity index (χ0) is 19.4. The first-order valence-electron chi connectivity index (χ1n) is 8.14. The van der Waals surface area contributed by atoms with Crippen LogP contribution in [0.3, 0.4) is 0 Å². The highest BCUT2D eigenvalue weighted by Crippen LogP contribution is 2.37. The van der Waals surface area contributed by atoms with Gasteiger partial charge in [0.05, 0.1) is 17.2 Å². The van der Waals surface area contributed by atoms with Crippen LogP contribution in [0.2, 0.25) is 5.02 Å². The van der Waals surface area contributed by atoms with E-state index in [1.807, 2.05) is 12.1 Å². The Morgan fingerprint density at radius 1 is 0.852 bits per heavy atom. The van der Waals surface area contributed by atoms with Crippen molar-refractivity contribution < 1.29 is 18.0 Å². The summed E-state index contributed by atoms with van der Waals surface area (Å²) in [6.07, 6.45) is -4.64. The van der Waals surface area contributed by atoms with Gasteiger partial charge in [-0.3, -0.25) is 4.79 Å². The third-order valence-electron chi connectivity index (χ3n) is 4.07. The lowest BCUT2D eigenvalue weighted by molar-refractivity contribution is -0.137. The van der Waals surface area contributed by atoms with Crippen molar-refractivity contribution in [3.8, 4) is 0 Å². The molecule has 3 aromatic carbocycles. The van der Waals surface area contributed by atoms with Crippen molar-refractivity contribution in [2.75, 3.05) is 5.32 Å². The van der Waals surface area contributed by atoms with E-state index >= 15 is 0 Å². The molecule has 0 spiro atoms. The van der Waals surface area contributed by atoms with Gasteiger partial charge >= 0.3 is 6.18 Å². The summed E-state index contributed by atoms with van der Waals surface area (Å²) < 4.78 is 39.9. The molecule has 6 heteroatoms. The topological polar surface area (TPSA) is 29.1 Å². The predicted octanol–water partition coefficient (Wildman–Crippen LogP) is 6.13. The number of benzene rings is 3. The number of hydrogen-bond acceptors (Lipinski definition) is 1. The minimum absolute atomic E-state index is 0.0528. The second kappa shape index (κ2) is 7.84. The molecule has 0 unspecified atom stereocenters. The van der Waals surface area contributed by atoms with Crippen LogP contribution in [0, 0.1) is 0 Å². The quantitative estimate of drug-likeness (QED) is 0.571. The minimum atomic E-state index is -4.64. The molecule has 0 saturated heterocycles. The Kier molecular flexibility index (Phi) is 5.51. The fourth-order valence-electron chi connectivity index (χ4n) is 2.85. The first-order valence-corrected chi connectivity index (χ1v) is 8.51. The standard InChI is InChI=1S/C21H15ClF3NO/c22-16-11-12-18(17(13-16)21(23,24)25)26-20(27)19(14-7-3-1-4-8-14)15-9-5-2-6-10-15/h1-13,19H,(H,26,27). The van der Waals surface area contributed by atoms with Crippen LogP contribution in [0.5, 0.6) is 0 Å². The van der Waals surface area contributed by atoms with Crippen LogP contribution in [0.1, 0.15) is 22.6 Å². The average molecular weight is 390 g/mol. The Morgan fingerprint density at radius 2 is 1.37 bits per heavy atom. The van der Waals surface area contributed by atoms with Crippen molar-refractivity contribution in [2.24, 2.45) is 0 Å². The maximum atomic E-state index is 13.3. The van der Waals surface area contributed by atoms with Crippen LogP contribution in [-0.4, -0.2) is 5.91 Å². The molecule has 0 bridgehead atoms. The highest BCUT2D eigenvalue weighted by Gasteiger charge is 2.35. The zero-order valence-electron chi connectivity index (χ0n) is 14.0. The van der Waals surface area contributed by atoms with Crippen molar-refractivity contribution in [3.05, 3.63) is 101 Å². The molecule has 0 aromatic heterocycles. The minimum Gasteiger partial charge on any atom is -0.325 e. The molecule has 0 aliphatic rings. The Balaban J connectivity index is 2.00. The van der Waals surface area contributed by atoms with Gasteiger partial charge in [-0.1, -0.05) is 72.3 Å². The van der Waals surface area contributed by atoms with Gasteiger partial charge in [-0.25, -0.2) is 0 Å². The van der Waals surface area contributed by atoms with Crippen LogP contribution in [-0.2, 0) is 11.0 Å². The van der Waals surface area contributed by atoms with Gasteiger partial charge in [-0.05, 0) is 29.3 Å². The molecule has 0 aliphatic carbocycles. The molecular weight excluding hydrogens is 375 g/mol. The summed E-state index contributed by atoms with van der Waals surface area (Å²) in [5.74, 6) is -1.30. The SMILES string of the molecule is O=C(Nc1ccc(Cl)cc1C(F)(F)F)C(c1ccccc1)c1ccccc1. The van der Waals surface area contributed by atoms with E-state index in [4.69, 9.17) is 11.6 Å². The van der Waals surface area contributed by atoms with E-state index < -0.39 is 23.6 Å². The highest BCUT2D eigenvalue weighted by molar-refractivity contribution is 6.30. The van der Waals surface area contributed by atoms with Gasteiger partial charge in [0.25, 0.3) is 0 Å². The summed E-state index contributed by atoms with van der Waals surface area (Å²) in [7, 11) is 0. The molecule has 0 atom stereocenters. The van der Waals surface area contributed by atoms with Gasteiger partial charge in [-0.2, -0.15) is 13.2 Å². The summed E-state index contributed by atoms with van der Waals surface area (Å²) in [6.45, 7) is 0. The van der Waals surface area contributed by atoms with Gasteiger partial charge in [0.2, 0.25) is 5.91 Å². The molecule has 138 valence electrons. The zero-order valence-corrected chi connectivity index (χ0v) is 14.8. The number of rotatable bonds is 4. The van der Waals surface area contributed by atoms with E-state index in [1.165, 1.54) is 6.07 Å². The van der Waals surface area contributed by atoms with Crippen LogP contribution in [0.4, 0.5) is 18.9 Å². The van der Waals surface area contributed by atoms with E-state index in [0.717, 1.165) is 12.1 Å². The van der Waals surface area contributed by atoms with E-state index in [2.05, 4.69) is 5.32 Å². The third-order valence-corrected chi connectivity index (χ3v) is 4.31. The van der Waals surface area contributed by atoms with Gasteiger partial charge in [0, 0.05) is 5.02 Å². The van der Waals surface area contributed by atoms with E-state index in [-0.39, 0.29) is 10.7 Å². The van der Waals surface area contributed by atoms with Gasteiger partial charge in [-0.15, -0.1) is 0 Å². The molecule has 3 rings (SSSR count). The molecule has 3 aromatic rings. The van der Waals surface area contributed by atoms with Crippen molar-refractivity contribution in [1.29, 1.82) is 0 Å². The van der Waals surface area contributed by atoms with E-state index in [0.29, 0.717) is 11.1 Å². The number of halogens is 4. The number of carbonyl (C=O) groups is 1. The second-order valence-corrected chi connectivity index (χ2v) is 6.37. The molecular formula is C21H15ClF3NO. The molecule has 0 aliphatic heterocycles. The maximum absolute atomic E-state index is 13.3. The van der Waals surface area contributed by atoms with Gasteiger partial charge < -0.3 is 5.32 Å². The molecule has 0 heterocycles. The van der Waals surface area contributed by atoms with Crippen molar-refractivity contribution in [2.45, 2.75) is 12.1 Å². The number of carbonyl (C=O) groups excluding carboxylic acids is 1. The summed E-state index contributed by atoms with van der Waals surface area (Å²) in [5, 5.41) is 2.37. The molecule has 2 nitrogen and oxygen atoms in total. The Labute approximate surface area is 159 Å². The lowest BCUT2D eigenvalue weighted by Crippen LogP contribution is -2.24. The maximum Gasteiger partial charge on any atom is 0.418 e. The molecule has 0 fully saturated rings. The van der Waals surface area contributed by atoms with Gasteiger partial charge in [0.15, 0.2) is 0 Å². The molecule has 1 N–H and O–H groups in total. The Hall–Kier alpha value is -2.79. The van der Waals surface area contributed by atoms with Crippen LogP contribution in [0.15, 0.2) is 78.9 Å². The molecule has 27 heavy (non-hydrogen) atoms. The smallest absolute Gasteiger partial charge is 0.325 e. The van der Waals surface area contributed by atoms with Crippen molar-refractivity contribution in [1.82, 2.24) is 0 Å². The summed E-state index contributed by atoms with van der Waals surface area (Å²) in [6, 6.07) is 21.1. The summed E-state index contributed by atoms with van der Waals surface area (Å²) in [5.41, 5.74) is 0.0597. The fraction of sp³-hybridized carbons (Fsp3) is 0.0952. The molecule has 0 radical (unpaired) electrons. The van der Waals surface area contributed by atoms with E-state index in [9.17, 15) is 18.0 Å². The highest BCUT2D eigenvalue weighted by atomic mass is 35.5. The Bertz CT molecular complexity index is 888. The monoisotopic (exact) mass is 389 g/mol. The first kappa shape index (κ1) is 19.0. The first-order chi connectivity index (χ1) is 12.9. The summed E-state index contributed by atoms with van der Waals surface area (Å²) in [4.78, 5) is 13.0. The number of alkyl halides is 3. The normalized spacial score (nSPS) is 11.4. The summed E-state index contributed by atoms with van der Waals surface area (Å²) >= 11 is 5.70. The van der Waals surface area contributed by atoms with Crippen molar-refractivity contribution >= 4 is 23.2 Å². The fourth-order valence-corrected chi connectivity index (χ4v) is 3.02. The number of anilines is 1. The lowest BCUT2D eigenvalue weighted by atomic mass is 9.90. The van der Waals surface area contributed by atoms with Gasteiger partial charge in [0.1, 0.15) is 0 Å². The number of amides is 1. The second-order valence-electron chi connectivity index (χ2n) is 5.93. The predicted molar refractivity (Wildman–Crippen MR) is 99.8 cm³/mol. The van der Waals surface area contributed by atoms with Crippen molar-refractivity contribution in [3.63, 3.8) is 0 Å². The average Bonchev–Trinajstić information content (AvgIpc) is 2.64. The largest absolute Gasteiger partial charge is 0.418 e. The number of hydrogen-bond donors (Lipinski definition) is 1. The Morgan fingerprint density at radius 3 is 1.85 bits per heavy atom. The van der Waals surface area contributed by atoms with Crippen LogP contribution < -0.4 is 5.32 Å². The molecule has 0 saturated carbocycles. The molecule has 1 amide bonds. The number of nitrogens with one attached hydrogen (secondary N) is 1. The lowest BCUT2D eigenvalue weighted by Gasteiger charge is -2.20. The van der Waals surface area contributed by atoms with Crippen LogP contribution >= 0.6 is 11.6 Å². The van der Waals surface area contributed by atoms with Crippen LogP contribution in [0.25, 0.3) is 0 Å². The third kappa shape index (κ3) is 4.49. The van der Waals surface area contributed by atoms with E-state index in [1.54, 1.807) is 48.5 Å².